The molecule has 1 aliphatic heterocycles. The smallest absolute Gasteiger partial charge is 0.342 e. The molecule has 1 aliphatic rings. The van der Waals surface area contributed by atoms with Gasteiger partial charge in [-0.2, -0.15) is 57.1 Å². The summed E-state index contributed by atoms with van der Waals surface area (Å²) >= 11 is 0. The highest BCUT2D eigenvalue weighted by Gasteiger charge is 2.90. The maximum atomic E-state index is 13.2. The molecule has 2 nitrogen and oxygen atoms in total. The standard InChI is InChI=1S/C10H7F13O2/c1-4(2-24-4)25-3-5(11,12)6(13,14)7(15,16)8(17,18)9(19,20)10(21,22)23/h2-3H2,1H3. The maximum absolute atomic E-state index is 13.2. The van der Waals surface area contributed by atoms with Crippen LogP contribution in [0.3, 0.4) is 0 Å². The van der Waals surface area contributed by atoms with Crippen LogP contribution in [0.25, 0.3) is 0 Å². The zero-order valence-electron chi connectivity index (χ0n) is 11.6. The van der Waals surface area contributed by atoms with Crippen molar-refractivity contribution in [3.63, 3.8) is 0 Å². The van der Waals surface area contributed by atoms with Crippen molar-refractivity contribution in [2.45, 2.75) is 48.5 Å². The fraction of sp³-hybridized carbons (Fsp3) is 1.00. The minimum atomic E-state index is -7.90. The molecule has 0 aromatic carbocycles. The van der Waals surface area contributed by atoms with Gasteiger partial charge in [-0.15, -0.1) is 0 Å². The minimum Gasteiger partial charge on any atom is -0.342 e. The first kappa shape index (κ1) is 22.1. The fourth-order valence-corrected chi connectivity index (χ4v) is 1.32. The Morgan fingerprint density at radius 2 is 1.08 bits per heavy atom. The zero-order chi connectivity index (χ0) is 20.3. The van der Waals surface area contributed by atoms with E-state index >= 15 is 0 Å². The topological polar surface area (TPSA) is 21.8 Å². The van der Waals surface area contributed by atoms with Gasteiger partial charge in [0.05, 0.1) is 0 Å². The van der Waals surface area contributed by atoms with Crippen molar-refractivity contribution in [2.75, 3.05) is 13.2 Å². The van der Waals surface area contributed by atoms with Gasteiger partial charge in [0, 0.05) is 0 Å². The van der Waals surface area contributed by atoms with E-state index in [0.29, 0.717) is 0 Å². The fourth-order valence-electron chi connectivity index (χ4n) is 1.32. The Morgan fingerprint density at radius 3 is 1.40 bits per heavy atom. The lowest BCUT2D eigenvalue weighted by atomic mass is 9.94. The Balaban J connectivity index is 3.23. The van der Waals surface area contributed by atoms with Crippen LogP contribution in [0.1, 0.15) is 6.92 Å². The lowest BCUT2D eigenvalue weighted by molar-refractivity contribution is -0.442. The van der Waals surface area contributed by atoms with E-state index in [1.165, 1.54) is 0 Å². The molecule has 0 radical (unpaired) electrons. The van der Waals surface area contributed by atoms with E-state index in [9.17, 15) is 57.1 Å². The average molecular weight is 406 g/mol. The number of epoxide rings is 1. The van der Waals surface area contributed by atoms with E-state index in [0.717, 1.165) is 6.92 Å². The molecule has 1 unspecified atom stereocenters. The highest BCUT2D eigenvalue weighted by molar-refractivity contribution is 5.10. The third kappa shape index (κ3) is 3.24. The largest absolute Gasteiger partial charge is 0.460 e. The molecule has 1 fully saturated rings. The highest BCUT2D eigenvalue weighted by atomic mass is 19.4. The SMILES string of the molecule is CC1(OCC(F)(F)C(F)(F)C(F)(F)C(F)(F)C(F)(F)C(F)(F)F)CO1. The molecular formula is C10H7F13O2. The predicted octanol–water partition coefficient (Wildman–Crippen LogP) is 4.49. The van der Waals surface area contributed by atoms with Gasteiger partial charge in [-0.05, 0) is 6.92 Å². The summed E-state index contributed by atoms with van der Waals surface area (Å²) in [5.74, 6) is -38.9. The Labute approximate surface area is 129 Å². The van der Waals surface area contributed by atoms with Gasteiger partial charge in [0.1, 0.15) is 13.2 Å². The van der Waals surface area contributed by atoms with E-state index < -0.39 is 54.8 Å². The first-order chi connectivity index (χ1) is 10.7. The zero-order valence-corrected chi connectivity index (χ0v) is 11.6. The number of alkyl halides is 13. The molecule has 15 heteroatoms. The van der Waals surface area contributed by atoms with Crippen LogP contribution in [0.5, 0.6) is 0 Å². The molecule has 0 bridgehead atoms. The van der Waals surface area contributed by atoms with E-state index in [4.69, 9.17) is 0 Å². The van der Waals surface area contributed by atoms with Crippen LogP contribution in [-0.2, 0) is 9.47 Å². The molecule has 0 aromatic rings. The van der Waals surface area contributed by atoms with Gasteiger partial charge in [0.15, 0.2) is 5.79 Å². The summed E-state index contributed by atoms with van der Waals surface area (Å²) in [5, 5.41) is 0. The maximum Gasteiger partial charge on any atom is 0.460 e. The van der Waals surface area contributed by atoms with Crippen LogP contribution in [0.2, 0.25) is 0 Å². The summed E-state index contributed by atoms with van der Waals surface area (Å²) in [5.41, 5.74) is 0. The second-order valence-electron chi connectivity index (χ2n) is 5.21. The molecule has 1 saturated heterocycles. The minimum absolute atomic E-state index is 0.465. The van der Waals surface area contributed by atoms with Gasteiger partial charge in [0.25, 0.3) is 0 Å². The highest BCUT2D eigenvalue weighted by Crippen LogP contribution is 2.60. The van der Waals surface area contributed by atoms with Gasteiger partial charge in [-0.3, -0.25) is 0 Å². The molecule has 0 N–H and O–H groups in total. The lowest BCUT2D eigenvalue weighted by Crippen LogP contribution is -2.70. The van der Waals surface area contributed by atoms with E-state index in [1.807, 2.05) is 0 Å². The molecule has 1 atom stereocenters. The molecular weight excluding hydrogens is 399 g/mol. The second kappa shape index (κ2) is 5.50. The first-order valence-corrected chi connectivity index (χ1v) is 5.90. The van der Waals surface area contributed by atoms with Crippen molar-refractivity contribution in [1.29, 1.82) is 0 Å². The normalized spacial score (nSPS) is 23.8. The second-order valence-corrected chi connectivity index (χ2v) is 5.21. The number of hydrogen-bond acceptors (Lipinski definition) is 2. The van der Waals surface area contributed by atoms with Crippen LogP contribution in [-0.4, -0.2) is 54.8 Å². The van der Waals surface area contributed by atoms with E-state index in [-0.39, 0.29) is 0 Å². The van der Waals surface area contributed by atoms with Gasteiger partial charge >= 0.3 is 35.8 Å². The quantitative estimate of drug-likeness (QED) is 0.459. The molecule has 150 valence electrons. The van der Waals surface area contributed by atoms with Gasteiger partial charge < -0.3 is 9.47 Å². The molecule has 0 spiro atoms. The Morgan fingerprint density at radius 1 is 0.720 bits per heavy atom. The summed E-state index contributed by atoms with van der Waals surface area (Å²) in [7, 11) is 0. The van der Waals surface area contributed by atoms with E-state index in [2.05, 4.69) is 9.47 Å². The van der Waals surface area contributed by atoms with Crippen LogP contribution in [0.15, 0.2) is 0 Å². The van der Waals surface area contributed by atoms with Crippen LogP contribution in [0, 0.1) is 0 Å². The van der Waals surface area contributed by atoms with Gasteiger partial charge in [-0.25, -0.2) is 0 Å². The summed E-state index contributed by atoms with van der Waals surface area (Å²) in [6.45, 7) is -2.32. The monoisotopic (exact) mass is 406 g/mol. The van der Waals surface area contributed by atoms with Crippen molar-refractivity contribution in [3.8, 4) is 0 Å². The third-order valence-electron chi connectivity index (χ3n) is 3.11. The van der Waals surface area contributed by atoms with Crippen LogP contribution in [0.4, 0.5) is 57.1 Å². The number of ether oxygens (including phenoxy) is 2. The predicted molar refractivity (Wildman–Crippen MR) is 51.1 cm³/mol. The molecule has 0 aliphatic carbocycles. The van der Waals surface area contributed by atoms with Crippen LogP contribution >= 0.6 is 0 Å². The number of halogens is 13. The van der Waals surface area contributed by atoms with Crippen molar-refractivity contribution < 1.29 is 66.5 Å². The molecule has 25 heavy (non-hydrogen) atoms. The Bertz CT molecular complexity index is 505. The summed E-state index contributed by atoms with van der Waals surface area (Å²) < 4.78 is 173. The number of hydrogen-bond donors (Lipinski definition) is 0. The van der Waals surface area contributed by atoms with Crippen molar-refractivity contribution >= 4 is 0 Å². The third-order valence-corrected chi connectivity index (χ3v) is 3.11. The van der Waals surface area contributed by atoms with E-state index in [1.54, 1.807) is 0 Å². The number of rotatable bonds is 7. The summed E-state index contributed by atoms with van der Waals surface area (Å²) in [4.78, 5) is 0. The average Bonchev–Trinajstić information content (AvgIpc) is 3.13. The van der Waals surface area contributed by atoms with Gasteiger partial charge in [0.2, 0.25) is 0 Å². The van der Waals surface area contributed by atoms with Gasteiger partial charge in [-0.1, -0.05) is 0 Å². The summed E-state index contributed by atoms with van der Waals surface area (Å²) in [6, 6.07) is 0. The van der Waals surface area contributed by atoms with Crippen molar-refractivity contribution in [1.82, 2.24) is 0 Å². The molecule has 0 saturated carbocycles. The molecule has 0 aromatic heterocycles. The molecule has 1 heterocycles. The van der Waals surface area contributed by atoms with Crippen LogP contribution < -0.4 is 0 Å². The molecule has 1 rings (SSSR count). The first-order valence-electron chi connectivity index (χ1n) is 5.90. The van der Waals surface area contributed by atoms with Crippen molar-refractivity contribution in [2.24, 2.45) is 0 Å². The lowest BCUT2D eigenvalue weighted by Gasteiger charge is -2.39. The molecule has 0 amide bonds. The Hall–Kier alpha value is -0.990. The summed E-state index contributed by atoms with van der Waals surface area (Å²) in [6.07, 6.45) is -7.42. The van der Waals surface area contributed by atoms with Crippen molar-refractivity contribution in [3.05, 3.63) is 0 Å². The Kier molecular flexibility index (Phi) is 4.85.